The lowest BCUT2D eigenvalue weighted by Gasteiger charge is -2.39. The molecule has 5 rings (SSSR count). The summed E-state index contributed by atoms with van der Waals surface area (Å²) in [7, 11) is 0. The number of anilines is 1. The van der Waals surface area contributed by atoms with Crippen molar-refractivity contribution in [1.82, 2.24) is 14.8 Å². The topological polar surface area (TPSA) is 52.8 Å². The van der Waals surface area contributed by atoms with Crippen LogP contribution in [0.4, 0.5) is 5.69 Å². The first-order chi connectivity index (χ1) is 16.7. The van der Waals surface area contributed by atoms with Crippen molar-refractivity contribution in [2.75, 3.05) is 44.2 Å². The molecule has 3 aromatic rings. The number of carbonyl (C=O) groups is 1. The average molecular weight is 459 g/mol. The van der Waals surface area contributed by atoms with Gasteiger partial charge in [-0.05, 0) is 62.2 Å². The molecule has 0 saturated carbocycles. The fourth-order valence-electron chi connectivity index (χ4n) is 5.04. The Labute approximate surface area is 202 Å². The highest BCUT2D eigenvalue weighted by molar-refractivity contribution is 5.79. The molecule has 3 heterocycles. The van der Waals surface area contributed by atoms with Gasteiger partial charge < -0.3 is 14.2 Å². The molecule has 2 aliphatic heterocycles. The minimum absolute atomic E-state index is 0.143. The number of aromatic nitrogens is 1. The summed E-state index contributed by atoms with van der Waals surface area (Å²) in [5.41, 5.74) is 4.53. The van der Waals surface area contributed by atoms with Crippen LogP contribution < -0.4 is 4.90 Å². The summed E-state index contributed by atoms with van der Waals surface area (Å²) >= 11 is 0. The fourth-order valence-corrected chi connectivity index (χ4v) is 5.04. The third-order valence-corrected chi connectivity index (χ3v) is 7.20. The SMILES string of the molecule is CCc1ccc(-c2nc(CN3CCC(C(=O)N4CCN(c5ccccc5)CC4)CC3)co2)cc1. The number of likely N-dealkylation sites (tertiary alicyclic amines) is 1. The monoisotopic (exact) mass is 458 g/mol. The van der Waals surface area contributed by atoms with Crippen LogP contribution >= 0.6 is 0 Å². The molecule has 0 spiro atoms. The maximum Gasteiger partial charge on any atom is 0.226 e. The number of hydrogen-bond donors (Lipinski definition) is 0. The molecule has 6 nitrogen and oxygen atoms in total. The van der Waals surface area contributed by atoms with Gasteiger partial charge in [-0.3, -0.25) is 9.69 Å². The number of amides is 1. The Morgan fingerprint density at radius 2 is 1.65 bits per heavy atom. The molecule has 2 saturated heterocycles. The molecule has 0 atom stereocenters. The van der Waals surface area contributed by atoms with Gasteiger partial charge >= 0.3 is 0 Å². The number of aryl methyl sites for hydroxylation is 1. The number of rotatable bonds is 6. The Hall–Kier alpha value is -3.12. The highest BCUT2D eigenvalue weighted by Crippen LogP contribution is 2.24. The van der Waals surface area contributed by atoms with Gasteiger partial charge in [0.15, 0.2) is 0 Å². The van der Waals surface area contributed by atoms with Gasteiger partial charge in [-0.2, -0.15) is 0 Å². The van der Waals surface area contributed by atoms with Gasteiger partial charge in [-0.15, -0.1) is 0 Å². The lowest BCUT2D eigenvalue weighted by molar-refractivity contribution is -0.137. The van der Waals surface area contributed by atoms with E-state index in [1.165, 1.54) is 11.3 Å². The van der Waals surface area contributed by atoms with Crippen molar-refractivity contribution in [2.24, 2.45) is 5.92 Å². The summed E-state index contributed by atoms with van der Waals surface area (Å²) in [4.78, 5) is 24.7. The second-order valence-electron chi connectivity index (χ2n) is 9.39. The standard InChI is InChI=1S/C28H34N4O2/c1-2-22-8-10-23(11-9-22)27-29-25(21-34-27)20-30-14-12-24(13-15-30)28(33)32-18-16-31(17-19-32)26-6-4-3-5-7-26/h3-11,21,24H,2,12-20H2,1H3. The molecule has 1 amide bonds. The largest absolute Gasteiger partial charge is 0.444 e. The molecule has 178 valence electrons. The minimum atomic E-state index is 0.143. The van der Waals surface area contributed by atoms with Gasteiger partial charge in [0.25, 0.3) is 0 Å². The van der Waals surface area contributed by atoms with Gasteiger partial charge in [-0.25, -0.2) is 4.98 Å². The van der Waals surface area contributed by atoms with Gasteiger partial charge in [0.1, 0.15) is 6.26 Å². The van der Waals surface area contributed by atoms with Crippen LogP contribution in [0.1, 0.15) is 31.0 Å². The predicted octanol–water partition coefficient (Wildman–Crippen LogP) is 4.46. The minimum Gasteiger partial charge on any atom is -0.444 e. The zero-order valence-electron chi connectivity index (χ0n) is 20.0. The number of oxazole rings is 1. The Morgan fingerprint density at radius 3 is 2.32 bits per heavy atom. The number of hydrogen-bond acceptors (Lipinski definition) is 5. The Bertz CT molecular complexity index is 1060. The first-order valence-corrected chi connectivity index (χ1v) is 12.5. The highest BCUT2D eigenvalue weighted by Gasteiger charge is 2.30. The molecule has 2 aliphatic rings. The van der Waals surface area contributed by atoms with Crippen LogP contribution in [0, 0.1) is 5.92 Å². The van der Waals surface area contributed by atoms with Gasteiger partial charge in [0, 0.05) is 49.9 Å². The van der Waals surface area contributed by atoms with Crippen molar-refractivity contribution in [1.29, 1.82) is 0 Å². The van der Waals surface area contributed by atoms with E-state index in [0.29, 0.717) is 11.8 Å². The van der Waals surface area contributed by atoms with Crippen molar-refractivity contribution in [2.45, 2.75) is 32.7 Å². The van der Waals surface area contributed by atoms with Crippen LogP contribution in [0.3, 0.4) is 0 Å². The second kappa shape index (κ2) is 10.4. The van der Waals surface area contributed by atoms with Crippen LogP contribution in [0.2, 0.25) is 0 Å². The summed E-state index contributed by atoms with van der Waals surface area (Å²) in [6, 6.07) is 18.9. The van der Waals surface area contributed by atoms with Crippen LogP contribution in [0.5, 0.6) is 0 Å². The van der Waals surface area contributed by atoms with Crippen LogP contribution in [-0.2, 0) is 17.8 Å². The summed E-state index contributed by atoms with van der Waals surface area (Å²) < 4.78 is 5.74. The first-order valence-electron chi connectivity index (χ1n) is 12.5. The molecule has 6 heteroatoms. The van der Waals surface area contributed by atoms with Crippen LogP contribution in [0.15, 0.2) is 65.3 Å². The van der Waals surface area contributed by atoms with E-state index < -0.39 is 0 Å². The summed E-state index contributed by atoms with van der Waals surface area (Å²) in [5.74, 6) is 1.16. The number of carbonyl (C=O) groups excluding carboxylic acids is 1. The molecule has 0 N–H and O–H groups in total. The first kappa shape index (κ1) is 22.7. The van der Waals surface area contributed by atoms with Crippen molar-refractivity contribution in [3.8, 4) is 11.5 Å². The molecule has 1 aromatic heterocycles. The van der Waals surface area contributed by atoms with E-state index in [2.05, 4.69) is 70.2 Å². The molecule has 2 aromatic carbocycles. The van der Waals surface area contributed by atoms with Crippen LogP contribution in [0.25, 0.3) is 11.5 Å². The number of benzene rings is 2. The molecule has 34 heavy (non-hydrogen) atoms. The zero-order chi connectivity index (χ0) is 23.3. The van der Waals surface area contributed by atoms with Crippen LogP contribution in [-0.4, -0.2) is 60.0 Å². The predicted molar refractivity (Wildman–Crippen MR) is 135 cm³/mol. The normalized spacial score (nSPS) is 17.8. The van der Waals surface area contributed by atoms with Crippen molar-refractivity contribution in [3.05, 3.63) is 72.1 Å². The number of piperidine rings is 1. The quantitative estimate of drug-likeness (QED) is 0.546. The fraction of sp³-hybridized carbons (Fsp3) is 0.429. The van der Waals surface area contributed by atoms with Gasteiger partial charge in [0.2, 0.25) is 11.8 Å². The maximum absolute atomic E-state index is 13.1. The van der Waals surface area contributed by atoms with Gasteiger partial charge in [0.05, 0.1) is 5.69 Å². The second-order valence-corrected chi connectivity index (χ2v) is 9.39. The molecular formula is C28H34N4O2. The zero-order valence-corrected chi connectivity index (χ0v) is 20.0. The number of para-hydroxylation sites is 1. The lowest BCUT2D eigenvalue weighted by atomic mass is 9.95. The van der Waals surface area contributed by atoms with E-state index in [4.69, 9.17) is 9.40 Å². The highest BCUT2D eigenvalue weighted by atomic mass is 16.3. The molecule has 0 aliphatic carbocycles. The summed E-state index contributed by atoms with van der Waals surface area (Å²) in [5, 5.41) is 0. The van der Waals surface area contributed by atoms with E-state index in [9.17, 15) is 4.79 Å². The molecule has 2 fully saturated rings. The van der Waals surface area contributed by atoms with E-state index in [1.54, 1.807) is 6.26 Å². The third-order valence-electron chi connectivity index (χ3n) is 7.20. The van der Waals surface area contributed by atoms with E-state index in [-0.39, 0.29) is 5.92 Å². The van der Waals surface area contributed by atoms with Crippen molar-refractivity contribution >= 4 is 11.6 Å². The van der Waals surface area contributed by atoms with E-state index in [0.717, 1.165) is 76.3 Å². The van der Waals surface area contributed by atoms with Crippen molar-refractivity contribution < 1.29 is 9.21 Å². The van der Waals surface area contributed by atoms with Gasteiger partial charge in [-0.1, -0.05) is 37.3 Å². The third kappa shape index (κ3) is 5.17. The molecule has 0 bridgehead atoms. The Balaban J connectivity index is 1.09. The average Bonchev–Trinajstić information content (AvgIpc) is 3.38. The van der Waals surface area contributed by atoms with E-state index >= 15 is 0 Å². The smallest absolute Gasteiger partial charge is 0.226 e. The molecular weight excluding hydrogens is 424 g/mol. The number of nitrogens with zero attached hydrogens (tertiary/aromatic N) is 4. The Kier molecular flexibility index (Phi) is 6.95. The molecule has 0 radical (unpaired) electrons. The maximum atomic E-state index is 13.1. The Morgan fingerprint density at radius 1 is 0.941 bits per heavy atom. The molecule has 0 unspecified atom stereocenters. The van der Waals surface area contributed by atoms with E-state index in [1.807, 2.05) is 6.07 Å². The number of piperazine rings is 1. The summed E-state index contributed by atoms with van der Waals surface area (Å²) in [6.07, 6.45) is 4.63. The van der Waals surface area contributed by atoms with Crippen molar-refractivity contribution in [3.63, 3.8) is 0 Å². The summed E-state index contributed by atoms with van der Waals surface area (Å²) in [6.45, 7) is 8.22. The lowest BCUT2D eigenvalue weighted by Crippen LogP contribution is -2.51.